The van der Waals surface area contributed by atoms with Crippen LogP contribution in [0.1, 0.15) is 31.2 Å². The van der Waals surface area contributed by atoms with Crippen LogP contribution in [0.5, 0.6) is 0 Å². The second-order valence-corrected chi connectivity index (χ2v) is 4.57. The van der Waals surface area contributed by atoms with Crippen molar-refractivity contribution in [1.82, 2.24) is 10.3 Å². The van der Waals surface area contributed by atoms with Gasteiger partial charge in [-0.05, 0) is 30.5 Å². The molecule has 17 heavy (non-hydrogen) atoms. The van der Waals surface area contributed by atoms with E-state index in [4.69, 9.17) is 5.11 Å². The zero-order valence-electron chi connectivity index (χ0n) is 9.80. The van der Waals surface area contributed by atoms with Gasteiger partial charge in [0.25, 0.3) is 0 Å². The number of carboxylic acid groups (broad SMARTS) is 1. The predicted molar refractivity (Wildman–Crippen MR) is 64.5 cm³/mol. The van der Waals surface area contributed by atoms with Crippen molar-refractivity contribution in [3.05, 3.63) is 30.1 Å². The summed E-state index contributed by atoms with van der Waals surface area (Å²) < 4.78 is 0. The van der Waals surface area contributed by atoms with Crippen LogP contribution in [0, 0.1) is 5.92 Å². The molecule has 92 valence electrons. The van der Waals surface area contributed by atoms with Crippen molar-refractivity contribution in [2.75, 3.05) is 0 Å². The molecule has 1 aliphatic carbocycles. The van der Waals surface area contributed by atoms with Crippen molar-refractivity contribution >= 4 is 5.97 Å². The summed E-state index contributed by atoms with van der Waals surface area (Å²) in [6, 6.07) is 4.01. The molecule has 1 aromatic rings. The number of carbonyl (C=O) groups is 1. The highest BCUT2D eigenvalue weighted by molar-refractivity contribution is 5.71. The van der Waals surface area contributed by atoms with Crippen LogP contribution < -0.4 is 5.32 Å². The predicted octanol–water partition coefficient (Wildman–Crippen LogP) is 1.81. The molecule has 2 N–H and O–H groups in total. The smallest absolute Gasteiger partial charge is 0.308 e. The first-order valence-electron chi connectivity index (χ1n) is 6.12. The van der Waals surface area contributed by atoms with E-state index in [-0.39, 0.29) is 12.0 Å². The summed E-state index contributed by atoms with van der Waals surface area (Å²) >= 11 is 0. The number of hydrogen-bond donors (Lipinski definition) is 2. The van der Waals surface area contributed by atoms with Crippen LogP contribution in [0.4, 0.5) is 0 Å². The Bertz CT molecular complexity index is 367. The first kappa shape index (κ1) is 12.0. The van der Waals surface area contributed by atoms with Gasteiger partial charge in [0.05, 0.1) is 5.92 Å². The van der Waals surface area contributed by atoms with Crippen LogP contribution in [0.25, 0.3) is 0 Å². The Kier molecular flexibility index (Phi) is 4.09. The molecular weight excluding hydrogens is 216 g/mol. The Hall–Kier alpha value is -1.42. The topological polar surface area (TPSA) is 62.2 Å². The van der Waals surface area contributed by atoms with E-state index in [2.05, 4.69) is 10.3 Å². The quantitative estimate of drug-likeness (QED) is 0.834. The van der Waals surface area contributed by atoms with E-state index >= 15 is 0 Å². The van der Waals surface area contributed by atoms with Gasteiger partial charge < -0.3 is 10.4 Å². The lowest BCUT2D eigenvalue weighted by molar-refractivity contribution is -0.143. The summed E-state index contributed by atoms with van der Waals surface area (Å²) in [5.74, 6) is -0.900. The molecule has 0 saturated heterocycles. The van der Waals surface area contributed by atoms with Gasteiger partial charge in [0, 0.05) is 25.0 Å². The molecule has 0 aromatic carbocycles. The molecule has 1 aromatic heterocycles. The fraction of sp³-hybridized carbons (Fsp3) is 0.538. The average Bonchev–Trinajstić information content (AvgIpc) is 2.38. The van der Waals surface area contributed by atoms with E-state index in [0.29, 0.717) is 0 Å². The normalized spacial score (nSPS) is 24.5. The minimum absolute atomic E-state index is 0.106. The van der Waals surface area contributed by atoms with Crippen LogP contribution in [0.3, 0.4) is 0 Å². The molecule has 4 heteroatoms. The molecule has 1 saturated carbocycles. The first-order chi connectivity index (χ1) is 8.27. The highest BCUT2D eigenvalue weighted by Gasteiger charge is 2.30. The maximum absolute atomic E-state index is 11.1. The number of rotatable bonds is 4. The highest BCUT2D eigenvalue weighted by Crippen LogP contribution is 2.24. The van der Waals surface area contributed by atoms with Crippen LogP contribution in [-0.4, -0.2) is 22.1 Å². The first-order valence-corrected chi connectivity index (χ1v) is 6.12. The summed E-state index contributed by atoms with van der Waals surface area (Å²) in [6.45, 7) is 0.719. The van der Waals surface area contributed by atoms with E-state index in [1.165, 1.54) is 0 Å². The number of aliphatic carboxylic acids is 1. The molecule has 1 heterocycles. The second kappa shape index (κ2) is 5.77. The van der Waals surface area contributed by atoms with Crippen LogP contribution in [0.15, 0.2) is 24.5 Å². The Morgan fingerprint density at radius 2 is 2.06 bits per heavy atom. The molecule has 0 amide bonds. The molecule has 0 radical (unpaired) electrons. The van der Waals surface area contributed by atoms with Crippen molar-refractivity contribution in [2.45, 2.75) is 38.3 Å². The van der Waals surface area contributed by atoms with Crippen molar-refractivity contribution in [1.29, 1.82) is 0 Å². The molecule has 2 rings (SSSR count). The van der Waals surface area contributed by atoms with Crippen molar-refractivity contribution in [2.24, 2.45) is 5.92 Å². The number of carboxylic acids is 1. The van der Waals surface area contributed by atoms with E-state index in [1.54, 1.807) is 12.4 Å². The SMILES string of the molecule is O=C(O)[C@H]1CCCC[C@H]1NCc1ccncc1. The van der Waals surface area contributed by atoms with Crippen LogP contribution in [0.2, 0.25) is 0 Å². The molecule has 0 spiro atoms. The Morgan fingerprint density at radius 1 is 1.35 bits per heavy atom. The highest BCUT2D eigenvalue weighted by atomic mass is 16.4. The molecule has 4 nitrogen and oxygen atoms in total. The van der Waals surface area contributed by atoms with Gasteiger partial charge in [0.1, 0.15) is 0 Å². The van der Waals surface area contributed by atoms with Gasteiger partial charge in [0.2, 0.25) is 0 Å². The van der Waals surface area contributed by atoms with Gasteiger partial charge in [-0.2, -0.15) is 0 Å². The molecule has 0 bridgehead atoms. The van der Waals surface area contributed by atoms with Gasteiger partial charge in [-0.1, -0.05) is 12.8 Å². The largest absolute Gasteiger partial charge is 0.481 e. The number of nitrogens with one attached hydrogen (secondary N) is 1. The minimum Gasteiger partial charge on any atom is -0.481 e. The molecule has 0 unspecified atom stereocenters. The zero-order valence-corrected chi connectivity index (χ0v) is 9.80. The third-order valence-corrected chi connectivity index (χ3v) is 3.40. The Balaban J connectivity index is 1.90. The van der Waals surface area contributed by atoms with E-state index in [9.17, 15) is 4.79 Å². The molecule has 1 fully saturated rings. The summed E-state index contributed by atoms with van der Waals surface area (Å²) in [5, 5.41) is 12.5. The van der Waals surface area contributed by atoms with Gasteiger partial charge in [-0.15, -0.1) is 0 Å². The van der Waals surface area contributed by atoms with Crippen molar-refractivity contribution < 1.29 is 9.90 Å². The van der Waals surface area contributed by atoms with Gasteiger partial charge in [0.15, 0.2) is 0 Å². The maximum atomic E-state index is 11.1. The second-order valence-electron chi connectivity index (χ2n) is 4.57. The molecule has 0 aliphatic heterocycles. The van der Waals surface area contributed by atoms with Gasteiger partial charge in [-0.3, -0.25) is 9.78 Å². The van der Waals surface area contributed by atoms with Crippen LogP contribution in [-0.2, 0) is 11.3 Å². The van der Waals surface area contributed by atoms with E-state index < -0.39 is 5.97 Å². The molecular formula is C13H18N2O2. The van der Waals surface area contributed by atoms with E-state index in [0.717, 1.165) is 37.8 Å². The summed E-state index contributed by atoms with van der Waals surface area (Å²) in [6.07, 6.45) is 7.42. The van der Waals surface area contributed by atoms with Gasteiger partial charge in [-0.25, -0.2) is 0 Å². The standard InChI is InChI=1S/C13H18N2O2/c16-13(17)11-3-1-2-4-12(11)15-9-10-5-7-14-8-6-10/h5-8,11-12,15H,1-4,9H2,(H,16,17)/t11-,12+/m0/s1. The summed E-state index contributed by atoms with van der Waals surface area (Å²) in [7, 11) is 0. The monoisotopic (exact) mass is 234 g/mol. The van der Waals surface area contributed by atoms with Gasteiger partial charge >= 0.3 is 5.97 Å². The van der Waals surface area contributed by atoms with E-state index in [1.807, 2.05) is 12.1 Å². The van der Waals surface area contributed by atoms with Crippen LogP contribution >= 0.6 is 0 Å². The number of nitrogens with zero attached hydrogens (tertiary/aromatic N) is 1. The summed E-state index contributed by atoms with van der Waals surface area (Å²) in [4.78, 5) is 15.1. The fourth-order valence-electron chi connectivity index (χ4n) is 2.42. The van der Waals surface area contributed by atoms with Crippen molar-refractivity contribution in [3.8, 4) is 0 Å². The minimum atomic E-state index is -0.670. The lowest BCUT2D eigenvalue weighted by Crippen LogP contribution is -2.41. The zero-order chi connectivity index (χ0) is 12.1. The molecule has 1 aliphatic rings. The number of aromatic nitrogens is 1. The third-order valence-electron chi connectivity index (χ3n) is 3.40. The third kappa shape index (κ3) is 3.27. The Labute approximate surface area is 101 Å². The molecule has 2 atom stereocenters. The Morgan fingerprint density at radius 3 is 2.76 bits per heavy atom. The maximum Gasteiger partial charge on any atom is 0.308 e. The lowest BCUT2D eigenvalue weighted by Gasteiger charge is -2.29. The number of pyridine rings is 1. The fourth-order valence-corrected chi connectivity index (χ4v) is 2.42. The lowest BCUT2D eigenvalue weighted by atomic mass is 9.84. The number of hydrogen-bond acceptors (Lipinski definition) is 3. The summed E-state index contributed by atoms with van der Waals surface area (Å²) in [5.41, 5.74) is 1.15. The van der Waals surface area contributed by atoms with Crippen molar-refractivity contribution in [3.63, 3.8) is 0 Å². The average molecular weight is 234 g/mol.